The van der Waals surface area contributed by atoms with E-state index in [9.17, 15) is 10.0 Å². The lowest BCUT2D eigenvalue weighted by atomic mass is 9.64. The molecular weight excluding hydrogens is 300 g/mol. The van der Waals surface area contributed by atoms with Crippen molar-refractivity contribution in [2.45, 2.75) is 44.6 Å². The van der Waals surface area contributed by atoms with Gasteiger partial charge in [0.25, 0.3) is 0 Å². The number of benzene rings is 1. The predicted molar refractivity (Wildman–Crippen MR) is 92.6 cm³/mol. The standard InChI is InChI=1S/C20H25N2O2/c1-2-21-15-11-22(24)16-9-4-3-7-14(16)19-17(23)10-12-6-5-8-13(15)18(12)20(19)22/h3-4,7,9,12-13,15,19,21,24H,2,5-6,8,10-11H2,1H3/q+1. The number of hydrogen-bond acceptors (Lipinski definition) is 3. The molecule has 5 atom stereocenters. The zero-order chi connectivity index (χ0) is 16.5. The fourth-order valence-electron chi connectivity index (χ4n) is 5.93. The molecule has 0 aromatic heterocycles. The number of ketones is 1. The van der Waals surface area contributed by atoms with E-state index in [0.717, 1.165) is 29.9 Å². The predicted octanol–water partition coefficient (Wildman–Crippen LogP) is 3.12. The second-order valence-electron chi connectivity index (χ2n) is 7.85. The number of allylic oxidation sites excluding steroid dienone is 1. The number of likely N-dealkylation sites (N-methyl/N-ethyl adjacent to an activating group) is 1. The van der Waals surface area contributed by atoms with Gasteiger partial charge in [0.1, 0.15) is 12.5 Å². The lowest BCUT2D eigenvalue weighted by Gasteiger charge is -2.47. The molecule has 0 amide bonds. The van der Waals surface area contributed by atoms with Crippen molar-refractivity contribution in [2.75, 3.05) is 13.1 Å². The van der Waals surface area contributed by atoms with Crippen molar-refractivity contribution in [3.63, 3.8) is 0 Å². The van der Waals surface area contributed by atoms with Crippen LogP contribution in [0.5, 0.6) is 0 Å². The van der Waals surface area contributed by atoms with Gasteiger partial charge >= 0.3 is 0 Å². The number of nitrogens with zero attached hydrogens (tertiary/aromatic N) is 1. The largest absolute Gasteiger partial charge is 0.309 e. The SMILES string of the molecule is CCNC1C[N+]2(O)C3=C4C(CCCC41)CC(=O)C3c1ccccc12. The van der Waals surface area contributed by atoms with Crippen molar-refractivity contribution in [1.29, 1.82) is 0 Å². The van der Waals surface area contributed by atoms with Gasteiger partial charge in [0, 0.05) is 24.0 Å². The summed E-state index contributed by atoms with van der Waals surface area (Å²) in [6.07, 6.45) is 4.14. The Kier molecular flexibility index (Phi) is 3.09. The minimum atomic E-state index is -0.208. The first-order valence-corrected chi connectivity index (χ1v) is 9.36. The van der Waals surface area contributed by atoms with Crippen LogP contribution in [0.2, 0.25) is 0 Å². The highest BCUT2D eigenvalue weighted by atomic mass is 16.5. The molecule has 1 aromatic rings. The minimum absolute atomic E-state index is 0.132. The molecular formula is C20H25N2O2+. The van der Waals surface area contributed by atoms with Gasteiger partial charge < -0.3 is 5.32 Å². The van der Waals surface area contributed by atoms with E-state index in [1.807, 2.05) is 24.3 Å². The summed E-state index contributed by atoms with van der Waals surface area (Å²) in [4.78, 5) is 12.9. The summed E-state index contributed by atoms with van der Waals surface area (Å²) in [6, 6.07) is 8.32. The first-order valence-electron chi connectivity index (χ1n) is 9.36. The highest BCUT2D eigenvalue weighted by molar-refractivity contribution is 5.95. The van der Waals surface area contributed by atoms with Crippen LogP contribution in [-0.2, 0) is 4.79 Å². The Morgan fingerprint density at radius 2 is 2.12 bits per heavy atom. The number of Topliss-reactive ketones (excluding diaryl/α,β-unsaturated/α-hetero) is 1. The van der Waals surface area contributed by atoms with Crippen molar-refractivity contribution in [3.05, 3.63) is 41.1 Å². The molecule has 1 aromatic carbocycles. The molecule has 24 heavy (non-hydrogen) atoms. The average Bonchev–Trinajstić information content (AvgIpc) is 2.85. The van der Waals surface area contributed by atoms with Gasteiger partial charge in [-0.3, -0.25) is 4.79 Å². The Bertz CT molecular complexity index is 756. The molecule has 4 aliphatic rings. The zero-order valence-electron chi connectivity index (χ0n) is 14.2. The normalized spacial score (nSPS) is 39.7. The number of para-hydroxylation sites is 1. The second-order valence-corrected chi connectivity index (χ2v) is 7.85. The van der Waals surface area contributed by atoms with Crippen LogP contribution in [0.25, 0.3) is 0 Å². The number of hydroxylamine groups is 2. The smallest absolute Gasteiger partial charge is 0.174 e. The monoisotopic (exact) mass is 325 g/mol. The van der Waals surface area contributed by atoms with Crippen LogP contribution in [0.4, 0.5) is 5.69 Å². The molecule has 5 rings (SSSR count). The van der Waals surface area contributed by atoms with Crippen molar-refractivity contribution < 1.29 is 10.0 Å². The van der Waals surface area contributed by atoms with Crippen molar-refractivity contribution in [1.82, 2.24) is 9.96 Å². The summed E-state index contributed by atoms with van der Waals surface area (Å²) in [6.45, 7) is 3.69. The third-order valence-electron chi connectivity index (χ3n) is 6.70. The molecule has 0 spiro atoms. The molecule has 5 unspecified atom stereocenters. The Morgan fingerprint density at radius 1 is 1.29 bits per heavy atom. The molecule has 4 heteroatoms. The summed E-state index contributed by atoms with van der Waals surface area (Å²) in [7, 11) is 0. The first-order chi connectivity index (χ1) is 11.6. The van der Waals surface area contributed by atoms with E-state index >= 15 is 0 Å². The number of quaternary nitrogens is 1. The van der Waals surface area contributed by atoms with E-state index in [1.165, 1.54) is 18.4 Å². The van der Waals surface area contributed by atoms with Crippen LogP contribution in [0.15, 0.2) is 35.5 Å². The molecule has 4 nitrogen and oxygen atoms in total. The number of fused-ring (bicyclic) bond motifs is 3. The van der Waals surface area contributed by atoms with E-state index in [1.54, 1.807) is 0 Å². The topological polar surface area (TPSA) is 49.3 Å². The lowest BCUT2D eigenvalue weighted by Crippen LogP contribution is -2.61. The van der Waals surface area contributed by atoms with Crippen LogP contribution in [0.1, 0.15) is 44.1 Å². The number of rotatable bonds is 2. The molecule has 2 aliphatic carbocycles. The molecule has 2 aliphatic heterocycles. The van der Waals surface area contributed by atoms with Crippen LogP contribution >= 0.6 is 0 Å². The van der Waals surface area contributed by atoms with E-state index in [-0.39, 0.29) is 10.6 Å². The van der Waals surface area contributed by atoms with Crippen LogP contribution in [0.3, 0.4) is 0 Å². The maximum atomic E-state index is 12.9. The Hall–Kier alpha value is -1.49. The van der Waals surface area contributed by atoms with E-state index in [0.29, 0.717) is 36.6 Å². The molecule has 1 fully saturated rings. The van der Waals surface area contributed by atoms with Gasteiger partial charge in [0.15, 0.2) is 17.2 Å². The summed E-state index contributed by atoms with van der Waals surface area (Å²) in [5.74, 6) is 0.938. The Morgan fingerprint density at radius 3 is 2.96 bits per heavy atom. The van der Waals surface area contributed by atoms with Gasteiger partial charge in [-0.2, -0.15) is 0 Å². The van der Waals surface area contributed by atoms with E-state index < -0.39 is 0 Å². The lowest BCUT2D eigenvalue weighted by molar-refractivity contribution is -0.124. The van der Waals surface area contributed by atoms with Gasteiger partial charge in [0.05, 0.1) is 6.04 Å². The maximum Gasteiger partial charge on any atom is 0.174 e. The second kappa shape index (κ2) is 5.01. The summed E-state index contributed by atoms with van der Waals surface area (Å²) >= 11 is 0. The number of nitrogens with one attached hydrogen (secondary N) is 1. The molecule has 0 radical (unpaired) electrons. The highest BCUT2D eigenvalue weighted by Gasteiger charge is 2.62. The van der Waals surface area contributed by atoms with Crippen LogP contribution < -0.4 is 9.96 Å². The van der Waals surface area contributed by atoms with E-state index in [2.05, 4.69) is 12.2 Å². The van der Waals surface area contributed by atoms with Crippen molar-refractivity contribution in [2.24, 2.45) is 11.8 Å². The molecule has 2 N–H and O–H groups in total. The Balaban J connectivity index is 1.78. The molecule has 1 saturated carbocycles. The highest BCUT2D eigenvalue weighted by Crippen LogP contribution is 2.59. The zero-order valence-corrected chi connectivity index (χ0v) is 14.2. The van der Waals surface area contributed by atoms with Crippen LogP contribution in [0, 0.1) is 11.8 Å². The molecule has 126 valence electrons. The fourth-order valence-corrected chi connectivity index (χ4v) is 5.93. The third kappa shape index (κ3) is 1.71. The van der Waals surface area contributed by atoms with E-state index in [4.69, 9.17) is 0 Å². The fraction of sp³-hybridized carbons (Fsp3) is 0.550. The molecule has 2 heterocycles. The summed E-state index contributed by atoms with van der Waals surface area (Å²) < 4.78 is -0.132. The summed E-state index contributed by atoms with van der Waals surface area (Å²) in [5, 5.41) is 15.4. The molecule has 0 bridgehead atoms. The summed E-state index contributed by atoms with van der Waals surface area (Å²) in [5.41, 5.74) is 4.40. The van der Waals surface area contributed by atoms with Gasteiger partial charge in [0.2, 0.25) is 0 Å². The van der Waals surface area contributed by atoms with Gasteiger partial charge in [-0.05, 0) is 30.9 Å². The minimum Gasteiger partial charge on any atom is -0.309 e. The van der Waals surface area contributed by atoms with Crippen molar-refractivity contribution in [3.8, 4) is 0 Å². The molecule has 0 saturated heterocycles. The van der Waals surface area contributed by atoms with Gasteiger partial charge in [-0.25, -0.2) is 5.21 Å². The number of hydrogen-bond donors (Lipinski definition) is 2. The van der Waals surface area contributed by atoms with Crippen LogP contribution in [-0.4, -0.2) is 30.1 Å². The Labute approximate surface area is 142 Å². The maximum absolute atomic E-state index is 12.9. The number of carbonyl (C=O) groups excluding carboxylic acids is 1. The third-order valence-corrected chi connectivity index (χ3v) is 6.70. The quantitative estimate of drug-likeness (QED) is 0.822. The van der Waals surface area contributed by atoms with Gasteiger partial charge in [-0.15, -0.1) is 4.65 Å². The first kappa shape index (κ1) is 14.8. The van der Waals surface area contributed by atoms with Crippen molar-refractivity contribution >= 4 is 11.5 Å². The number of carbonyl (C=O) groups is 1. The van der Waals surface area contributed by atoms with Gasteiger partial charge in [-0.1, -0.05) is 31.5 Å². The average molecular weight is 325 g/mol.